The number of para-hydroxylation sites is 1. The molecule has 0 saturated carbocycles. The minimum Gasteiger partial charge on any atom is -0.423 e. The summed E-state index contributed by atoms with van der Waals surface area (Å²) in [4.78, 5) is 8.93. The quantitative estimate of drug-likeness (QED) is 0.588. The van der Waals surface area contributed by atoms with Crippen molar-refractivity contribution in [3.05, 3.63) is 48.0 Å². The summed E-state index contributed by atoms with van der Waals surface area (Å²) in [7, 11) is 0. The number of aryl methyl sites for hydroxylation is 1. The van der Waals surface area contributed by atoms with Gasteiger partial charge in [0.05, 0.1) is 10.2 Å². The van der Waals surface area contributed by atoms with E-state index < -0.39 is 0 Å². The largest absolute Gasteiger partial charge is 0.423 e. The molecule has 5 heteroatoms. The average Bonchev–Trinajstić information content (AvgIpc) is 3.00. The lowest BCUT2D eigenvalue weighted by molar-refractivity contribution is 0.623. The summed E-state index contributed by atoms with van der Waals surface area (Å²) in [5.41, 5.74) is 3.78. The van der Waals surface area contributed by atoms with Gasteiger partial charge >= 0.3 is 6.01 Å². The van der Waals surface area contributed by atoms with E-state index >= 15 is 0 Å². The first kappa shape index (κ1) is 11.4. The number of thiazole rings is 1. The fourth-order valence-corrected chi connectivity index (χ4v) is 2.96. The van der Waals surface area contributed by atoms with E-state index in [1.807, 2.05) is 49.4 Å². The summed E-state index contributed by atoms with van der Waals surface area (Å²) in [6.45, 7) is 2.04. The molecular weight excluding hydrogens is 270 g/mol. The predicted octanol–water partition coefficient (Wildman–Crippen LogP) is 4.49. The SMILES string of the molecule is Cc1ccc2oc(Nc3nc4ccccc4s3)nc2c1. The third-order valence-electron chi connectivity index (χ3n) is 3.05. The topological polar surface area (TPSA) is 51.0 Å². The molecule has 4 rings (SSSR count). The molecule has 0 aliphatic carbocycles. The fraction of sp³-hybridized carbons (Fsp3) is 0.0667. The van der Waals surface area contributed by atoms with E-state index in [9.17, 15) is 0 Å². The fourth-order valence-electron chi connectivity index (χ4n) is 2.11. The number of aromatic nitrogens is 2. The van der Waals surface area contributed by atoms with Gasteiger partial charge in [0.25, 0.3) is 0 Å². The highest BCUT2D eigenvalue weighted by atomic mass is 32.1. The number of nitrogens with one attached hydrogen (secondary N) is 1. The molecule has 1 N–H and O–H groups in total. The molecule has 98 valence electrons. The van der Waals surface area contributed by atoms with E-state index in [0.29, 0.717) is 6.01 Å². The van der Waals surface area contributed by atoms with Gasteiger partial charge in [-0.25, -0.2) is 4.98 Å². The maximum absolute atomic E-state index is 5.67. The minimum absolute atomic E-state index is 0.477. The molecule has 4 aromatic rings. The van der Waals surface area contributed by atoms with Crippen LogP contribution in [0.2, 0.25) is 0 Å². The van der Waals surface area contributed by atoms with Gasteiger partial charge < -0.3 is 4.42 Å². The van der Waals surface area contributed by atoms with E-state index in [0.717, 1.165) is 32.0 Å². The smallest absolute Gasteiger partial charge is 0.302 e. The second kappa shape index (κ2) is 4.31. The van der Waals surface area contributed by atoms with Crippen LogP contribution in [0.15, 0.2) is 46.9 Å². The summed E-state index contributed by atoms with van der Waals surface area (Å²) in [5, 5.41) is 3.92. The Morgan fingerprint density at radius 3 is 2.85 bits per heavy atom. The van der Waals surface area contributed by atoms with Crippen LogP contribution in [0, 0.1) is 6.92 Å². The number of hydrogen-bond acceptors (Lipinski definition) is 5. The lowest BCUT2D eigenvalue weighted by Gasteiger charge is -1.92. The maximum atomic E-state index is 5.67. The van der Waals surface area contributed by atoms with Crippen LogP contribution in [0.5, 0.6) is 0 Å². The van der Waals surface area contributed by atoms with Gasteiger partial charge in [0.2, 0.25) is 0 Å². The van der Waals surface area contributed by atoms with E-state index in [1.165, 1.54) is 0 Å². The molecule has 0 spiro atoms. The Balaban J connectivity index is 1.72. The molecule has 0 bridgehead atoms. The summed E-state index contributed by atoms with van der Waals surface area (Å²) < 4.78 is 6.81. The number of hydrogen-bond donors (Lipinski definition) is 1. The van der Waals surface area contributed by atoms with Crippen molar-refractivity contribution >= 4 is 43.8 Å². The van der Waals surface area contributed by atoms with Crippen molar-refractivity contribution in [3.63, 3.8) is 0 Å². The van der Waals surface area contributed by atoms with Gasteiger partial charge in [-0.1, -0.05) is 29.5 Å². The number of oxazole rings is 1. The third-order valence-corrected chi connectivity index (χ3v) is 4.00. The van der Waals surface area contributed by atoms with Gasteiger partial charge in [0.1, 0.15) is 5.52 Å². The first-order valence-corrected chi connectivity index (χ1v) is 7.09. The van der Waals surface area contributed by atoms with Gasteiger partial charge in [-0.15, -0.1) is 0 Å². The molecule has 2 aromatic heterocycles. The highest BCUT2D eigenvalue weighted by Gasteiger charge is 2.09. The number of nitrogens with zero attached hydrogens (tertiary/aromatic N) is 2. The molecule has 2 aromatic carbocycles. The normalized spacial score (nSPS) is 11.2. The van der Waals surface area contributed by atoms with Gasteiger partial charge in [-0.3, -0.25) is 5.32 Å². The van der Waals surface area contributed by atoms with E-state index in [4.69, 9.17) is 4.42 Å². The molecule has 4 nitrogen and oxygen atoms in total. The van der Waals surface area contributed by atoms with Gasteiger partial charge in [0.15, 0.2) is 10.7 Å². The molecular formula is C15H11N3OS. The molecule has 0 aliphatic rings. The summed E-state index contributed by atoms with van der Waals surface area (Å²) in [6.07, 6.45) is 0. The van der Waals surface area contributed by atoms with Crippen LogP contribution in [0.25, 0.3) is 21.3 Å². The Labute approximate surface area is 119 Å². The highest BCUT2D eigenvalue weighted by molar-refractivity contribution is 7.22. The van der Waals surface area contributed by atoms with Crippen molar-refractivity contribution in [2.45, 2.75) is 6.92 Å². The van der Waals surface area contributed by atoms with Gasteiger partial charge in [-0.05, 0) is 36.8 Å². The van der Waals surface area contributed by atoms with Crippen LogP contribution in [0.3, 0.4) is 0 Å². The van der Waals surface area contributed by atoms with Crippen LogP contribution in [-0.2, 0) is 0 Å². The molecule has 0 aliphatic heterocycles. The third kappa shape index (κ3) is 1.92. The molecule has 0 radical (unpaired) electrons. The first-order chi connectivity index (χ1) is 9.78. The van der Waals surface area contributed by atoms with Crippen molar-refractivity contribution in [3.8, 4) is 0 Å². The minimum atomic E-state index is 0.477. The Kier molecular flexibility index (Phi) is 2.47. The number of rotatable bonds is 2. The second-order valence-electron chi connectivity index (χ2n) is 4.60. The van der Waals surface area contributed by atoms with Crippen molar-refractivity contribution in [2.75, 3.05) is 5.32 Å². The van der Waals surface area contributed by atoms with E-state index in [1.54, 1.807) is 11.3 Å². The predicted molar refractivity (Wildman–Crippen MR) is 81.6 cm³/mol. The van der Waals surface area contributed by atoms with Crippen LogP contribution >= 0.6 is 11.3 Å². The van der Waals surface area contributed by atoms with Crippen LogP contribution in [0.4, 0.5) is 11.1 Å². The molecule has 0 amide bonds. The lowest BCUT2D eigenvalue weighted by Crippen LogP contribution is -1.88. The standard InChI is InChI=1S/C15H11N3OS/c1-9-6-7-12-11(8-9)16-14(19-12)18-15-17-10-4-2-3-5-13(10)20-15/h2-8H,1H3,(H,16,17,18). The van der Waals surface area contributed by atoms with Crippen LogP contribution in [0.1, 0.15) is 5.56 Å². The molecule has 0 unspecified atom stereocenters. The molecule has 20 heavy (non-hydrogen) atoms. The van der Waals surface area contributed by atoms with E-state index in [-0.39, 0.29) is 0 Å². The Morgan fingerprint density at radius 2 is 1.95 bits per heavy atom. The zero-order valence-electron chi connectivity index (χ0n) is 10.8. The lowest BCUT2D eigenvalue weighted by atomic mass is 10.2. The highest BCUT2D eigenvalue weighted by Crippen LogP contribution is 2.29. The zero-order chi connectivity index (χ0) is 13.5. The molecule has 0 fully saturated rings. The maximum Gasteiger partial charge on any atom is 0.302 e. The number of benzene rings is 2. The van der Waals surface area contributed by atoms with Crippen molar-refractivity contribution in [1.29, 1.82) is 0 Å². The Hall–Kier alpha value is -2.40. The molecule has 0 saturated heterocycles. The second-order valence-corrected chi connectivity index (χ2v) is 5.63. The zero-order valence-corrected chi connectivity index (χ0v) is 11.6. The number of fused-ring (bicyclic) bond motifs is 2. The van der Waals surface area contributed by atoms with E-state index in [2.05, 4.69) is 15.3 Å². The summed E-state index contributed by atoms with van der Waals surface area (Å²) in [5.74, 6) is 0. The number of anilines is 2. The van der Waals surface area contributed by atoms with Crippen molar-refractivity contribution < 1.29 is 4.42 Å². The average molecular weight is 281 g/mol. The van der Waals surface area contributed by atoms with Crippen LogP contribution in [-0.4, -0.2) is 9.97 Å². The van der Waals surface area contributed by atoms with Gasteiger partial charge in [-0.2, -0.15) is 4.98 Å². The van der Waals surface area contributed by atoms with Gasteiger partial charge in [0, 0.05) is 0 Å². The molecule has 2 heterocycles. The first-order valence-electron chi connectivity index (χ1n) is 6.28. The van der Waals surface area contributed by atoms with Crippen LogP contribution < -0.4 is 5.32 Å². The molecule has 0 atom stereocenters. The summed E-state index contributed by atoms with van der Waals surface area (Å²) in [6, 6.07) is 14.4. The summed E-state index contributed by atoms with van der Waals surface area (Å²) >= 11 is 1.58. The Bertz CT molecular complexity index is 877. The Morgan fingerprint density at radius 1 is 1.05 bits per heavy atom. The monoisotopic (exact) mass is 281 g/mol. The van der Waals surface area contributed by atoms with Crippen molar-refractivity contribution in [1.82, 2.24) is 9.97 Å². The van der Waals surface area contributed by atoms with Crippen molar-refractivity contribution in [2.24, 2.45) is 0 Å².